The van der Waals surface area contributed by atoms with Crippen LogP contribution < -0.4 is 5.32 Å². The second kappa shape index (κ2) is 60.3. The van der Waals surface area contributed by atoms with E-state index in [0.29, 0.717) is 12.8 Å². The van der Waals surface area contributed by atoms with Gasteiger partial charge in [0.1, 0.15) is 24.4 Å². The molecule has 1 aliphatic rings. The second-order valence-corrected chi connectivity index (χ2v) is 23.2. The largest absolute Gasteiger partial charge is 0.454 e. The average molecular weight is 1190 g/mol. The number of hydrogen-bond donors (Lipinski definition) is 6. The minimum Gasteiger partial charge on any atom is -0.454 e. The molecule has 1 saturated heterocycles. The summed E-state index contributed by atoms with van der Waals surface area (Å²) in [5, 5.41) is 57.1. The number of hydrogen-bond acceptors (Lipinski definition) is 10. The number of esters is 1. The topological polar surface area (TPSA) is 175 Å². The van der Waals surface area contributed by atoms with Crippen molar-refractivity contribution < 1.29 is 49.3 Å². The van der Waals surface area contributed by atoms with Gasteiger partial charge in [-0.15, -0.1) is 0 Å². The quantitative estimate of drug-likeness (QED) is 0.0195. The maximum absolute atomic E-state index is 13.5. The van der Waals surface area contributed by atoms with Crippen molar-refractivity contribution in [3.63, 3.8) is 0 Å². The second-order valence-electron chi connectivity index (χ2n) is 23.2. The Morgan fingerprint density at radius 1 is 0.471 bits per heavy atom. The highest BCUT2D eigenvalue weighted by Crippen LogP contribution is 2.26. The first-order chi connectivity index (χ1) is 41.7. The Morgan fingerprint density at radius 2 is 0.847 bits per heavy atom. The van der Waals surface area contributed by atoms with Crippen molar-refractivity contribution in [2.75, 3.05) is 13.2 Å². The summed E-state index contributed by atoms with van der Waals surface area (Å²) in [6, 6.07) is -1.05. The standard InChI is InChI=1S/C74H125NO10/c1-4-7-10-13-16-19-22-24-26-28-30-32-34-36-38-40-42-44-47-50-53-56-59-62-69(79)85-72-71(81)70(80)68(63-76)84-74(72)83-64-65(66(77)60-57-54-51-48-45-21-18-15-12-9-6-3)75-73(82)67(78)61-58-55-52-49-46-43-41-39-37-35-33-31-29-27-25-23-20-17-14-11-8-5-2/h8,11,16-17,19-20,24-27,30-33,37,39,43,46,57,60,65-68,70-72,74,76-78,80-81H,4-7,9-10,12-15,18,21-23,28-29,34-36,38,40-42,44-45,47-56,58-59,61-64H2,1-3H3,(H,75,82)/b11-8-,19-16-,20-17-,26-24-,27-25-,32-30-,33-31-,39-37-,46-43-,60-57+. The Morgan fingerprint density at radius 3 is 1.29 bits per heavy atom. The van der Waals surface area contributed by atoms with Gasteiger partial charge in [-0.05, 0) is 116 Å². The summed E-state index contributed by atoms with van der Waals surface area (Å²) >= 11 is 0. The lowest BCUT2D eigenvalue weighted by atomic mass is 9.99. The smallest absolute Gasteiger partial charge is 0.306 e. The van der Waals surface area contributed by atoms with Crippen LogP contribution in [-0.2, 0) is 23.8 Å². The number of amides is 1. The van der Waals surface area contributed by atoms with Gasteiger partial charge in [0.2, 0.25) is 5.91 Å². The number of aliphatic hydroxyl groups excluding tert-OH is 5. The number of ether oxygens (including phenoxy) is 3. The van der Waals surface area contributed by atoms with E-state index in [1.807, 2.05) is 6.08 Å². The van der Waals surface area contributed by atoms with E-state index in [1.165, 1.54) is 96.3 Å². The Hall–Kier alpha value is -3.94. The van der Waals surface area contributed by atoms with Gasteiger partial charge in [0.25, 0.3) is 0 Å². The van der Waals surface area contributed by atoms with Crippen molar-refractivity contribution in [2.24, 2.45) is 0 Å². The molecule has 0 aromatic heterocycles. The van der Waals surface area contributed by atoms with E-state index >= 15 is 0 Å². The van der Waals surface area contributed by atoms with Crippen LogP contribution in [0.1, 0.15) is 271 Å². The molecule has 11 nitrogen and oxygen atoms in total. The molecule has 8 unspecified atom stereocenters. The van der Waals surface area contributed by atoms with Gasteiger partial charge in [-0.25, -0.2) is 0 Å². The van der Waals surface area contributed by atoms with Crippen molar-refractivity contribution in [1.82, 2.24) is 5.32 Å². The Kier molecular flexibility index (Phi) is 56.1. The number of carbonyl (C=O) groups excluding carboxylic acids is 2. The van der Waals surface area contributed by atoms with Crippen LogP contribution in [0, 0.1) is 0 Å². The zero-order valence-corrected chi connectivity index (χ0v) is 53.9. The third-order valence-electron chi connectivity index (χ3n) is 15.3. The first-order valence-electron chi connectivity index (χ1n) is 34.3. The predicted octanol–water partition coefficient (Wildman–Crippen LogP) is 17.4. The number of carbonyl (C=O) groups is 2. The van der Waals surface area contributed by atoms with Crippen LogP contribution in [0.3, 0.4) is 0 Å². The summed E-state index contributed by atoms with van der Waals surface area (Å²) in [5.41, 5.74) is 0. The van der Waals surface area contributed by atoms with E-state index in [2.05, 4.69) is 135 Å². The third kappa shape index (κ3) is 47.8. The fourth-order valence-corrected chi connectivity index (χ4v) is 9.96. The molecule has 6 N–H and O–H groups in total. The molecular weight excluding hydrogens is 1060 g/mol. The number of aliphatic hydroxyl groups is 5. The van der Waals surface area contributed by atoms with E-state index in [4.69, 9.17) is 14.2 Å². The summed E-state index contributed by atoms with van der Waals surface area (Å²) in [4.78, 5) is 26.6. The number of nitrogens with one attached hydrogen (secondary N) is 1. The average Bonchev–Trinajstić information content (AvgIpc) is 3.63. The molecule has 1 fully saturated rings. The molecule has 1 amide bonds. The molecule has 0 radical (unpaired) electrons. The van der Waals surface area contributed by atoms with Crippen molar-refractivity contribution in [3.05, 3.63) is 122 Å². The molecule has 0 spiro atoms. The molecule has 1 heterocycles. The monoisotopic (exact) mass is 1190 g/mol. The third-order valence-corrected chi connectivity index (χ3v) is 15.3. The SMILES string of the molecule is CC/C=C\C/C=C\C/C=C\C/C=C\C/C=C\C/C=C\CCCCCC(O)C(=O)NC(COC1OC(CO)C(O)C(O)C1OC(=O)CCCCCCCCCCCC/C=C\C/C=C\C/C=C\CCCCC)C(O)/C=C/CCCCCCCCCCC. The van der Waals surface area contributed by atoms with Gasteiger partial charge in [-0.1, -0.05) is 271 Å². The highest BCUT2D eigenvalue weighted by atomic mass is 16.7. The first kappa shape index (κ1) is 79.1. The van der Waals surface area contributed by atoms with Crippen molar-refractivity contribution in [1.29, 1.82) is 0 Å². The Bertz CT molecular complexity index is 1850. The molecular formula is C74H125NO10. The minimum absolute atomic E-state index is 0.109. The molecule has 11 heteroatoms. The van der Waals surface area contributed by atoms with Crippen molar-refractivity contribution in [2.45, 2.75) is 320 Å². The zero-order valence-electron chi connectivity index (χ0n) is 53.9. The van der Waals surface area contributed by atoms with Crippen LogP contribution >= 0.6 is 0 Å². The van der Waals surface area contributed by atoms with Crippen LogP contribution in [-0.4, -0.2) is 99.6 Å². The lowest BCUT2D eigenvalue weighted by Crippen LogP contribution is -2.61. The Balaban J connectivity index is 2.62. The zero-order chi connectivity index (χ0) is 61.7. The molecule has 0 saturated carbocycles. The van der Waals surface area contributed by atoms with Crippen LogP contribution in [0.2, 0.25) is 0 Å². The van der Waals surface area contributed by atoms with Gasteiger partial charge in [-0.3, -0.25) is 9.59 Å². The summed E-state index contributed by atoms with van der Waals surface area (Å²) in [5.74, 6) is -1.23. The first-order valence-corrected chi connectivity index (χ1v) is 34.3. The lowest BCUT2D eigenvalue weighted by Gasteiger charge is -2.41. The van der Waals surface area contributed by atoms with E-state index in [9.17, 15) is 35.1 Å². The molecule has 0 aromatic rings. The van der Waals surface area contributed by atoms with Gasteiger partial charge in [0.15, 0.2) is 12.4 Å². The maximum atomic E-state index is 13.5. The van der Waals surface area contributed by atoms with Crippen molar-refractivity contribution >= 4 is 11.9 Å². The predicted molar refractivity (Wildman–Crippen MR) is 356 cm³/mol. The molecule has 85 heavy (non-hydrogen) atoms. The van der Waals surface area contributed by atoms with E-state index in [0.717, 1.165) is 128 Å². The van der Waals surface area contributed by atoms with Crippen LogP contribution in [0.4, 0.5) is 0 Å². The highest BCUT2D eigenvalue weighted by Gasteiger charge is 2.47. The lowest BCUT2D eigenvalue weighted by molar-refractivity contribution is -0.305. The Labute approximate surface area is 519 Å². The minimum atomic E-state index is -1.63. The molecule has 0 aromatic carbocycles. The molecule has 8 atom stereocenters. The fourth-order valence-electron chi connectivity index (χ4n) is 9.96. The van der Waals surface area contributed by atoms with E-state index in [-0.39, 0.29) is 19.4 Å². The number of rotatable bonds is 57. The van der Waals surface area contributed by atoms with E-state index in [1.54, 1.807) is 6.08 Å². The molecule has 486 valence electrons. The normalized spacial score (nSPS) is 19.2. The van der Waals surface area contributed by atoms with Gasteiger partial charge >= 0.3 is 5.97 Å². The molecule has 0 bridgehead atoms. The summed E-state index contributed by atoms with van der Waals surface area (Å²) in [6.45, 7) is 5.63. The number of allylic oxidation sites excluding steroid dienone is 19. The molecule has 0 aliphatic carbocycles. The van der Waals surface area contributed by atoms with Crippen molar-refractivity contribution in [3.8, 4) is 0 Å². The van der Waals surface area contributed by atoms with Gasteiger partial charge < -0.3 is 45.1 Å². The van der Waals surface area contributed by atoms with Gasteiger partial charge in [-0.2, -0.15) is 0 Å². The molecule has 1 aliphatic heterocycles. The fraction of sp³-hybridized carbons (Fsp3) is 0.703. The van der Waals surface area contributed by atoms with Crippen LogP contribution in [0.25, 0.3) is 0 Å². The van der Waals surface area contributed by atoms with Gasteiger partial charge in [0, 0.05) is 6.42 Å². The van der Waals surface area contributed by atoms with Crippen LogP contribution in [0.15, 0.2) is 122 Å². The highest BCUT2D eigenvalue weighted by molar-refractivity contribution is 5.80. The maximum Gasteiger partial charge on any atom is 0.306 e. The van der Waals surface area contributed by atoms with E-state index < -0.39 is 67.4 Å². The van der Waals surface area contributed by atoms with Gasteiger partial charge in [0.05, 0.1) is 25.4 Å². The summed E-state index contributed by atoms with van der Waals surface area (Å²) in [7, 11) is 0. The number of unbranched alkanes of at least 4 members (excludes halogenated alkanes) is 25. The summed E-state index contributed by atoms with van der Waals surface area (Å²) in [6.07, 6.45) is 73.7. The van der Waals surface area contributed by atoms with Crippen LogP contribution in [0.5, 0.6) is 0 Å². The molecule has 1 rings (SSSR count). The summed E-state index contributed by atoms with van der Waals surface area (Å²) < 4.78 is 17.7.